The Morgan fingerprint density at radius 3 is 2.72 bits per heavy atom. The Morgan fingerprint density at radius 2 is 2.00 bits per heavy atom. The van der Waals surface area contributed by atoms with Crippen molar-refractivity contribution in [3.63, 3.8) is 0 Å². The second-order valence-corrected chi connectivity index (χ2v) is 8.23. The first-order valence-electron chi connectivity index (χ1n) is 10.1. The lowest BCUT2D eigenvalue weighted by Gasteiger charge is -2.27. The molecule has 0 bridgehead atoms. The minimum absolute atomic E-state index is 0. The molecule has 1 aliphatic rings. The number of hydrogen-bond donors (Lipinski definition) is 0. The minimum Gasteiger partial charge on any atom is -0.497 e. The maximum Gasteiger partial charge on any atom is 0.263 e. The van der Waals surface area contributed by atoms with Crippen molar-refractivity contribution in [2.24, 2.45) is 0 Å². The first-order chi connectivity index (χ1) is 15.0. The molecule has 6 nitrogen and oxygen atoms in total. The normalized spacial score (nSPS) is 14.2. The Kier molecular flexibility index (Phi) is 8.36. The van der Waals surface area contributed by atoms with Gasteiger partial charge in [0, 0.05) is 38.3 Å². The molecular weight excluding hydrogens is 460 g/mol. The van der Waals surface area contributed by atoms with Gasteiger partial charge in [-0.15, -0.1) is 12.4 Å². The number of aromatic nitrogens is 1. The molecule has 0 unspecified atom stereocenters. The molecule has 0 saturated carbocycles. The summed E-state index contributed by atoms with van der Waals surface area (Å²) in [5.41, 5.74) is 0.523. The van der Waals surface area contributed by atoms with E-state index in [1.807, 2.05) is 12.1 Å². The van der Waals surface area contributed by atoms with Crippen molar-refractivity contribution in [1.29, 1.82) is 0 Å². The summed E-state index contributed by atoms with van der Waals surface area (Å²) in [7, 11) is 1.58. The maximum atomic E-state index is 14.3. The molecule has 0 N–H and O–H groups in total. The van der Waals surface area contributed by atoms with Crippen LogP contribution >= 0.6 is 23.7 Å². The number of amides is 1. The van der Waals surface area contributed by atoms with E-state index < -0.39 is 17.5 Å². The first kappa shape index (κ1) is 24.3. The fourth-order valence-electron chi connectivity index (χ4n) is 3.51. The predicted molar refractivity (Wildman–Crippen MR) is 123 cm³/mol. The van der Waals surface area contributed by atoms with Crippen molar-refractivity contribution in [3.05, 3.63) is 53.6 Å². The summed E-state index contributed by atoms with van der Waals surface area (Å²) >= 11 is 1.35. The minimum atomic E-state index is -0.883. The summed E-state index contributed by atoms with van der Waals surface area (Å²) in [4.78, 5) is 21.6. The van der Waals surface area contributed by atoms with Crippen LogP contribution in [-0.2, 0) is 4.74 Å². The second-order valence-electron chi connectivity index (χ2n) is 7.22. The predicted octanol–water partition coefficient (Wildman–Crippen LogP) is 4.37. The van der Waals surface area contributed by atoms with Gasteiger partial charge in [-0.1, -0.05) is 11.3 Å². The van der Waals surface area contributed by atoms with Gasteiger partial charge >= 0.3 is 0 Å². The van der Waals surface area contributed by atoms with Crippen molar-refractivity contribution in [2.75, 3.05) is 51.4 Å². The first-order valence-corrected chi connectivity index (χ1v) is 10.9. The number of thiazole rings is 1. The van der Waals surface area contributed by atoms with Gasteiger partial charge in [0.25, 0.3) is 5.91 Å². The zero-order chi connectivity index (χ0) is 21.8. The van der Waals surface area contributed by atoms with E-state index in [1.165, 1.54) is 22.3 Å². The summed E-state index contributed by atoms with van der Waals surface area (Å²) in [6, 6.07) is 8.50. The SMILES string of the molecule is COc1ccc2sc(N(CCCN3CCOCC3)C(=O)c3ccc(F)cc3F)nc2c1.Cl. The van der Waals surface area contributed by atoms with Gasteiger partial charge in [0.2, 0.25) is 0 Å². The Bertz CT molecular complexity index is 1080. The number of hydrogen-bond acceptors (Lipinski definition) is 6. The molecule has 0 atom stereocenters. The molecule has 1 saturated heterocycles. The molecule has 2 aromatic carbocycles. The van der Waals surface area contributed by atoms with Gasteiger partial charge < -0.3 is 9.47 Å². The highest BCUT2D eigenvalue weighted by atomic mass is 35.5. The van der Waals surface area contributed by atoms with Crippen LogP contribution in [-0.4, -0.2) is 62.3 Å². The Hall–Kier alpha value is -2.33. The summed E-state index contributed by atoms with van der Waals surface area (Å²) in [6.07, 6.45) is 0.688. The highest BCUT2D eigenvalue weighted by Crippen LogP contribution is 2.32. The maximum absolute atomic E-state index is 14.3. The molecule has 2 heterocycles. The molecule has 0 radical (unpaired) electrons. The van der Waals surface area contributed by atoms with Crippen LogP contribution in [0.2, 0.25) is 0 Å². The van der Waals surface area contributed by atoms with E-state index in [1.54, 1.807) is 13.2 Å². The zero-order valence-corrected chi connectivity index (χ0v) is 19.2. The average molecular weight is 484 g/mol. The van der Waals surface area contributed by atoms with Crippen molar-refractivity contribution in [2.45, 2.75) is 6.42 Å². The number of methoxy groups -OCH3 is 1. The Morgan fingerprint density at radius 1 is 1.22 bits per heavy atom. The largest absolute Gasteiger partial charge is 0.497 e. The van der Waals surface area contributed by atoms with Crippen LogP contribution in [0.4, 0.5) is 13.9 Å². The lowest BCUT2D eigenvalue weighted by atomic mass is 10.1. The molecule has 1 aromatic heterocycles. The monoisotopic (exact) mass is 483 g/mol. The smallest absolute Gasteiger partial charge is 0.263 e. The van der Waals surface area contributed by atoms with Crippen LogP contribution in [0.3, 0.4) is 0 Å². The van der Waals surface area contributed by atoms with Crippen LogP contribution < -0.4 is 9.64 Å². The van der Waals surface area contributed by atoms with Crippen LogP contribution in [0.5, 0.6) is 5.75 Å². The summed E-state index contributed by atoms with van der Waals surface area (Å²) in [5.74, 6) is -1.48. The van der Waals surface area contributed by atoms with Crippen molar-refractivity contribution < 1.29 is 23.0 Å². The molecule has 1 fully saturated rings. The van der Waals surface area contributed by atoms with Gasteiger partial charge in [-0.3, -0.25) is 14.6 Å². The molecule has 32 heavy (non-hydrogen) atoms. The van der Waals surface area contributed by atoms with E-state index in [4.69, 9.17) is 9.47 Å². The van der Waals surface area contributed by atoms with Gasteiger partial charge in [-0.05, 0) is 30.7 Å². The average Bonchev–Trinajstić information content (AvgIpc) is 3.20. The van der Waals surface area contributed by atoms with Crippen molar-refractivity contribution in [3.8, 4) is 5.75 Å². The zero-order valence-electron chi connectivity index (χ0n) is 17.6. The van der Waals surface area contributed by atoms with Gasteiger partial charge in [0.15, 0.2) is 5.13 Å². The van der Waals surface area contributed by atoms with E-state index in [0.717, 1.165) is 36.5 Å². The van der Waals surface area contributed by atoms with Gasteiger partial charge in [0.05, 0.1) is 36.1 Å². The third-order valence-electron chi connectivity index (χ3n) is 5.18. The van der Waals surface area contributed by atoms with Crippen LogP contribution in [0.1, 0.15) is 16.8 Å². The summed E-state index contributed by atoms with van der Waals surface area (Å²) in [5, 5.41) is 0.471. The highest BCUT2D eigenvalue weighted by molar-refractivity contribution is 7.22. The van der Waals surface area contributed by atoms with Gasteiger partial charge in [-0.25, -0.2) is 13.8 Å². The number of morpholine rings is 1. The van der Waals surface area contributed by atoms with Crippen LogP contribution in [0, 0.1) is 11.6 Å². The van der Waals surface area contributed by atoms with Crippen molar-refractivity contribution in [1.82, 2.24) is 9.88 Å². The number of fused-ring (bicyclic) bond motifs is 1. The molecular formula is C22H24ClF2N3O3S. The molecule has 0 spiro atoms. The Labute approximate surface area is 195 Å². The number of ether oxygens (including phenoxy) is 2. The molecule has 3 aromatic rings. The molecule has 10 heteroatoms. The lowest BCUT2D eigenvalue weighted by molar-refractivity contribution is 0.0376. The van der Waals surface area contributed by atoms with Crippen LogP contribution in [0.25, 0.3) is 10.2 Å². The quantitative estimate of drug-likeness (QED) is 0.499. The fraction of sp³-hybridized carbons (Fsp3) is 0.364. The molecule has 1 aliphatic heterocycles. The third kappa shape index (κ3) is 5.53. The fourth-order valence-corrected chi connectivity index (χ4v) is 4.48. The topological polar surface area (TPSA) is 54.9 Å². The number of anilines is 1. The van der Waals surface area contributed by atoms with Gasteiger partial charge in [0.1, 0.15) is 17.4 Å². The van der Waals surface area contributed by atoms with Gasteiger partial charge in [-0.2, -0.15) is 0 Å². The number of benzene rings is 2. The standard InChI is InChI=1S/C22H23F2N3O3S.ClH/c1-29-16-4-6-20-19(14-16)25-22(31-20)27(8-2-7-26-9-11-30-12-10-26)21(28)17-5-3-15(23)13-18(17)24;/h3-6,13-14H,2,7-12H2,1H3;1H. The lowest BCUT2D eigenvalue weighted by Crippen LogP contribution is -2.39. The van der Waals surface area contributed by atoms with E-state index in [2.05, 4.69) is 9.88 Å². The molecule has 1 amide bonds. The molecule has 4 rings (SSSR count). The van der Waals surface area contributed by atoms with E-state index in [0.29, 0.717) is 42.6 Å². The van der Waals surface area contributed by atoms with E-state index in [-0.39, 0.29) is 18.0 Å². The van der Waals surface area contributed by atoms with Crippen molar-refractivity contribution >= 4 is 45.0 Å². The number of nitrogens with zero attached hydrogens (tertiary/aromatic N) is 3. The molecule has 172 valence electrons. The third-order valence-corrected chi connectivity index (χ3v) is 6.24. The second kappa shape index (κ2) is 11.0. The number of rotatable bonds is 7. The van der Waals surface area contributed by atoms with Crippen LogP contribution in [0.15, 0.2) is 36.4 Å². The summed E-state index contributed by atoms with van der Waals surface area (Å²) < 4.78 is 39.2. The number of carbonyl (C=O) groups is 1. The number of carbonyl (C=O) groups excluding carboxylic acids is 1. The summed E-state index contributed by atoms with van der Waals surface area (Å²) in [6.45, 7) is 4.25. The number of halogens is 3. The van der Waals surface area contributed by atoms with E-state index in [9.17, 15) is 13.6 Å². The molecule has 0 aliphatic carbocycles. The Balaban J connectivity index is 0.00000289. The van der Waals surface area contributed by atoms with E-state index >= 15 is 0 Å². The highest BCUT2D eigenvalue weighted by Gasteiger charge is 2.24.